The quantitative estimate of drug-likeness (QED) is 0.314. The fourth-order valence-electron chi connectivity index (χ4n) is 3.61. The SMILES string of the molecule is C[C@H]1[C@H](Oc2ncc(C(C)(C)N=[N+]=[N-])c3cc(Cl)ncc23)CN1C(=O)[C@@H]1C[C@@H]1F. The van der Waals surface area contributed by atoms with Gasteiger partial charge < -0.3 is 9.64 Å². The van der Waals surface area contributed by atoms with Gasteiger partial charge in [0.25, 0.3) is 0 Å². The lowest BCUT2D eigenvalue weighted by atomic mass is 9.93. The van der Waals surface area contributed by atoms with Gasteiger partial charge >= 0.3 is 0 Å². The van der Waals surface area contributed by atoms with Crippen LogP contribution in [0.3, 0.4) is 0 Å². The molecule has 0 aromatic carbocycles. The van der Waals surface area contributed by atoms with Crippen molar-refractivity contribution in [1.29, 1.82) is 0 Å². The molecule has 4 rings (SSSR count). The summed E-state index contributed by atoms with van der Waals surface area (Å²) in [7, 11) is 0. The zero-order valence-electron chi connectivity index (χ0n) is 16.2. The topological polar surface area (TPSA) is 104 Å². The normalized spacial score (nSPS) is 25.9. The third kappa shape index (κ3) is 3.45. The Labute approximate surface area is 171 Å². The number of hydrogen-bond acceptors (Lipinski definition) is 5. The van der Waals surface area contributed by atoms with Gasteiger partial charge in [0.1, 0.15) is 17.4 Å². The van der Waals surface area contributed by atoms with E-state index in [0.717, 1.165) is 5.39 Å². The number of alkyl halides is 1. The minimum absolute atomic E-state index is 0.150. The van der Waals surface area contributed by atoms with Crippen molar-refractivity contribution in [2.45, 2.75) is 51.0 Å². The highest BCUT2D eigenvalue weighted by atomic mass is 35.5. The fraction of sp³-hybridized carbons (Fsp3) is 0.526. The van der Waals surface area contributed by atoms with E-state index in [1.54, 1.807) is 37.2 Å². The fourth-order valence-corrected chi connectivity index (χ4v) is 3.77. The number of rotatable bonds is 5. The van der Waals surface area contributed by atoms with Crippen molar-refractivity contribution >= 4 is 28.3 Å². The van der Waals surface area contributed by atoms with Gasteiger partial charge in [-0.3, -0.25) is 4.79 Å². The molecular formula is C19H20ClFN6O2. The Morgan fingerprint density at radius 2 is 2.14 bits per heavy atom. The van der Waals surface area contributed by atoms with Crippen molar-refractivity contribution in [3.8, 4) is 5.88 Å². The van der Waals surface area contributed by atoms with Gasteiger partial charge in [0.05, 0.1) is 29.4 Å². The Morgan fingerprint density at radius 1 is 1.41 bits per heavy atom. The van der Waals surface area contributed by atoms with Crippen molar-refractivity contribution in [2.75, 3.05) is 6.54 Å². The molecule has 2 aliphatic rings. The first-order valence-corrected chi connectivity index (χ1v) is 9.73. The van der Waals surface area contributed by atoms with Crippen LogP contribution in [-0.2, 0) is 10.3 Å². The number of fused-ring (bicyclic) bond motifs is 1. The monoisotopic (exact) mass is 418 g/mol. The number of likely N-dealkylation sites (tertiary alicyclic amines) is 1. The number of azide groups is 1. The summed E-state index contributed by atoms with van der Waals surface area (Å²) in [6.07, 6.45) is 2.22. The number of nitrogens with zero attached hydrogens (tertiary/aromatic N) is 6. The second-order valence-corrected chi connectivity index (χ2v) is 8.41. The molecule has 1 aliphatic heterocycles. The molecule has 10 heteroatoms. The molecule has 0 radical (unpaired) electrons. The van der Waals surface area contributed by atoms with Crippen LogP contribution in [0.15, 0.2) is 23.6 Å². The van der Waals surface area contributed by atoms with Crippen molar-refractivity contribution in [3.05, 3.63) is 39.6 Å². The minimum Gasteiger partial charge on any atom is -0.470 e. The average Bonchev–Trinajstić information content (AvgIpc) is 3.40. The molecule has 0 N–H and O–H groups in total. The molecule has 1 amide bonds. The maximum atomic E-state index is 13.2. The minimum atomic E-state index is -1.01. The lowest BCUT2D eigenvalue weighted by Gasteiger charge is -2.45. The second kappa shape index (κ2) is 7.00. The van der Waals surface area contributed by atoms with E-state index in [1.165, 1.54) is 0 Å². The Kier molecular flexibility index (Phi) is 4.75. The van der Waals surface area contributed by atoms with Gasteiger partial charge in [-0.25, -0.2) is 14.4 Å². The maximum Gasteiger partial charge on any atom is 0.229 e. The van der Waals surface area contributed by atoms with Crippen molar-refractivity contribution < 1.29 is 13.9 Å². The third-order valence-corrected chi connectivity index (χ3v) is 5.84. The van der Waals surface area contributed by atoms with Crippen LogP contribution in [0.25, 0.3) is 21.2 Å². The van der Waals surface area contributed by atoms with Crippen LogP contribution in [0.1, 0.15) is 32.8 Å². The van der Waals surface area contributed by atoms with Crippen LogP contribution in [0.2, 0.25) is 5.15 Å². The molecule has 0 bridgehead atoms. The summed E-state index contributed by atoms with van der Waals surface area (Å²) in [5.74, 6) is -0.281. The van der Waals surface area contributed by atoms with Crippen LogP contribution in [0, 0.1) is 5.92 Å². The van der Waals surface area contributed by atoms with Crippen LogP contribution in [0.4, 0.5) is 4.39 Å². The third-order valence-electron chi connectivity index (χ3n) is 5.64. The van der Waals surface area contributed by atoms with Crippen LogP contribution >= 0.6 is 11.6 Å². The van der Waals surface area contributed by atoms with Crippen LogP contribution in [-0.4, -0.2) is 45.6 Å². The molecule has 1 saturated carbocycles. The highest BCUT2D eigenvalue weighted by Crippen LogP contribution is 2.39. The lowest BCUT2D eigenvalue weighted by Crippen LogP contribution is -2.63. The van der Waals surface area contributed by atoms with E-state index < -0.39 is 17.6 Å². The van der Waals surface area contributed by atoms with E-state index >= 15 is 0 Å². The van der Waals surface area contributed by atoms with Gasteiger partial charge in [0.2, 0.25) is 11.8 Å². The van der Waals surface area contributed by atoms with Gasteiger partial charge in [-0.2, -0.15) is 0 Å². The molecule has 0 spiro atoms. The lowest BCUT2D eigenvalue weighted by molar-refractivity contribution is -0.148. The zero-order valence-corrected chi connectivity index (χ0v) is 17.0. The van der Waals surface area contributed by atoms with Gasteiger partial charge in [0.15, 0.2) is 0 Å². The summed E-state index contributed by atoms with van der Waals surface area (Å²) < 4.78 is 19.2. The summed E-state index contributed by atoms with van der Waals surface area (Å²) in [6, 6.07) is 1.51. The smallest absolute Gasteiger partial charge is 0.229 e. The molecule has 3 heterocycles. The summed E-state index contributed by atoms with van der Waals surface area (Å²) in [5.41, 5.74) is 8.73. The van der Waals surface area contributed by atoms with Crippen molar-refractivity contribution in [3.63, 3.8) is 0 Å². The summed E-state index contributed by atoms with van der Waals surface area (Å²) in [4.78, 5) is 25.3. The molecule has 29 heavy (non-hydrogen) atoms. The number of pyridine rings is 2. The van der Waals surface area contributed by atoms with E-state index in [0.29, 0.717) is 34.9 Å². The highest BCUT2D eigenvalue weighted by Gasteiger charge is 2.51. The largest absolute Gasteiger partial charge is 0.470 e. The molecule has 1 aliphatic carbocycles. The predicted molar refractivity (Wildman–Crippen MR) is 105 cm³/mol. The first kappa shape index (κ1) is 19.7. The number of carbonyl (C=O) groups is 1. The molecule has 4 atom stereocenters. The Hall–Kier alpha value is -2.64. The van der Waals surface area contributed by atoms with Crippen LogP contribution in [0.5, 0.6) is 5.88 Å². The molecule has 2 fully saturated rings. The average molecular weight is 419 g/mol. The van der Waals surface area contributed by atoms with Crippen LogP contribution < -0.4 is 4.74 Å². The molecule has 1 saturated heterocycles. The van der Waals surface area contributed by atoms with E-state index in [-0.39, 0.29) is 18.1 Å². The van der Waals surface area contributed by atoms with Gasteiger partial charge in [-0.1, -0.05) is 30.6 Å². The predicted octanol–water partition coefficient (Wildman–Crippen LogP) is 4.16. The Bertz CT molecular complexity index is 1040. The summed E-state index contributed by atoms with van der Waals surface area (Å²) in [5, 5.41) is 5.52. The molecule has 0 unspecified atom stereocenters. The standard InChI is InChI=1S/C19H20ClFN6O2/c1-9-15(8-27(9)18(28)11-4-14(11)21)29-17-12-6-23-16(20)5-10(12)13(7-24-17)19(2,3)25-26-22/h5-7,9,11,14-15H,4,8H2,1-3H3/t9-,11+,14-,15+/m0/s1. The maximum absolute atomic E-state index is 13.2. The molecule has 2 aromatic heterocycles. The molecular weight excluding hydrogens is 399 g/mol. The van der Waals surface area contributed by atoms with E-state index in [1.807, 2.05) is 6.92 Å². The number of amides is 1. The zero-order chi connectivity index (χ0) is 20.9. The second-order valence-electron chi connectivity index (χ2n) is 8.02. The Balaban J connectivity index is 1.61. The Morgan fingerprint density at radius 3 is 2.76 bits per heavy atom. The number of ether oxygens (including phenoxy) is 1. The van der Waals surface area contributed by atoms with Crippen molar-refractivity contribution in [2.24, 2.45) is 11.0 Å². The number of hydrogen-bond donors (Lipinski definition) is 0. The number of halogens is 2. The van der Waals surface area contributed by atoms with Gasteiger partial charge in [-0.05, 0) is 35.9 Å². The summed E-state index contributed by atoms with van der Waals surface area (Å²) >= 11 is 6.09. The van der Waals surface area contributed by atoms with E-state index in [9.17, 15) is 9.18 Å². The molecule has 8 nitrogen and oxygen atoms in total. The first-order valence-electron chi connectivity index (χ1n) is 9.35. The van der Waals surface area contributed by atoms with Crippen molar-refractivity contribution in [1.82, 2.24) is 14.9 Å². The highest BCUT2D eigenvalue weighted by molar-refractivity contribution is 6.30. The summed E-state index contributed by atoms with van der Waals surface area (Å²) in [6.45, 7) is 5.83. The van der Waals surface area contributed by atoms with E-state index in [2.05, 4.69) is 20.0 Å². The number of aromatic nitrogens is 2. The van der Waals surface area contributed by atoms with Gasteiger partial charge in [-0.15, -0.1) is 0 Å². The van der Waals surface area contributed by atoms with Gasteiger partial charge in [0, 0.05) is 17.3 Å². The van der Waals surface area contributed by atoms with E-state index in [4.69, 9.17) is 21.9 Å². The molecule has 2 aromatic rings. The molecule has 152 valence electrons. The number of carbonyl (C=O) groups excluding carboxylic acids is 1. The first-order chi connectivity index (χ1) is 13.7.